The first-order chi connectivity index (χ1) is 12.2. The fourth-order valence-corrected chi connectivity index (χ4v) is 2.37. The van der Waals surface area contributed by atoms with E-state index in [1.165, 1.54) is 18.2 Å². The van der Waals surface area contributed by atoms with Gasteiger partial charge in [-0.1, -0.05) is 32.9 Å². The van der Waals surface area contributed by atoms with Gasteiger partial charge in [-0.3, -0.25) is 10.1 Å². The second-order valence-electron chi connectivity index (χ2n) is 6.92. The minimum Gasteiger partial charge on any atom is -0.383 e. The standard InChI is InChI=1S/C18H18N6O2/c1-18(2,3)10-22-17-14(9-20)15(13(8-19)16(21)23-17)11-5-4-6-12(7-11)24(25)26/h4-7H,10H2,1-3H3,(H3,21,22,23). The zero-order chi connectivity index (χ0) is 19.5. The van der Waals surface area contributed by atoms with E-state index in [2.05, 4.69) is 10.3 Å². The number of nitro benzene ring substituents is 1. The monoisotopic (exact) mass is 350 g/mol. The van der Waals surface area contributed by atoms with Crippen LogP contribution in [0.3, 0.4) is 0 Å². The number of anilines is 2. The minimum atomic E-state index is -0.537. The minimum absolute atomic E-state index is 0.0170. The Labute approximate surface area is 151 Å². The second kappa shape index (κ2) is 7.08. The quantitative estimate of drug-likeness (QED) is 0.635. The van der Waals surface area contributed by atoms with Crippen molar-refractivity contribution >= 4 is 17.3 Å². The van der Waals surface area contributed by atoms with Crippen molar-refractivity contribution in [2.24, 2.45) is 5.41 Å². The lowest BCUT2D eigenvalue weighted by Gasteiger charge is -2.21. The molecule has 0 saturated heterocycles. The third-order valence-electron chi connectivity index (χ3n) is 3.58. The van der Waals surface area contributed by atoms with Gasteiger partial charge >= 0.3 is 0 Å². The van der Waals surface area contributed by atoms with Crippen molar-refractivity contribution in [3.8, 4) is 23.3 Å². The van der Waals surface area contributed by atoms with Crippen LogP contribution in [0.1, 0.15) is 31.9 Å². The summed E-state index contributed by atoms with van der Waals surface area (Å²) in [5.74, 6) is 0.213. The van der Waals surface area contributed by atoms with Crippen LogP contribution in [0.4, 0.5) is 17.3 Å². The van der Waals surface area contributed by atoms with E-state index >= 15 is 0 Å². The summed E-state index contributed by atoms with van der Waals surface area (Å²) in [5, 5.41) is 33.3. The fourth-order valence-electron chi connectivity index (χ4n) is 2.37. The molecule has 0 spiro atoms. The molecule has 1 aromatic carbocycles. The Kier molecular flexibility index (Phi) is 5.08. The first-order valence-corrected chi connectivity index (χ1v) is 7.80. The van der Waals surface area contributed by atoms with Crippen LogP contribution in [0.25, 0.3) is 11.1 Å². The summed E-state index contributed by atoms with van der Waals surface area (Å²) in [7, 11) is 0. The van der Waals surface area contributed by atoms with E-state index in [0.717, 1.165) is 0 Å². The van der Waals surface area contributed by atoms with E-state index in [0.29, 0.717) is 12.1 Å². The van der Waals surface area contributed by atoms with Crippen molar-refractivity contribution < 1.29 is 4.92 Å². The van der Waals surface area contributed by atoms with E-state index in [1.54, 1.807) is 6.07 Å². The fraction of sp³-hybridized carbons (Fsp3) is 0.278. The van der Waals surface area contributed by atoms with Crippen molar-refractivity contribution in [3.63, 3.8) is 0 Å². The zero-order valence-corrected chi connectivity index (χ0v) is 14.7. The molecule has 0 aliphatic carbocycles. The van der Waals surface area contributed by atoms with Crippen molar-refractivity contribution in [1.29, 1.82) is 10.5 Å². The van der Waals surface area contributed by atoms with Gasteiger partial charge in [0.25, 0.3) is 5.69 Å². The molecular formula is C18H18N6O2. The highest BCUT2D eigenvalue weighted by atomic mass is 16.6. The molecule has 0 atom stereocenters. The molecule has 0 radical (unpaired) electrons. The van der Waals surface area contributed by atoms with Gasteiger partial charge in [0.05, 0.1) is 4.92 Å². The molecule has 1 aromatic heterocycles. The van der Waals surface area contributed by atoms with Gasteiger partial charge in [-0.25, -0.2) is 4.98 Å². The first-order valence-electron chi connectivity index (χ1n) is 7.80. The molecular weight excluding hydrogens is 332 g/mol. The maximum absolute atomic E-state index is 11.1. The van der Waals surface area contributed by atoms with Crippen molar-refractivity contribution in [3.05, 3.63) is 45.5 Å². The largest absolute Gasteiger partial charge is 0.383 e. The number of aromatic nitrogens is 1. The van der Waals surface area contributed by atoms with Crippen LogP contribution in [-0.4, -0.2) is 16.5 Å². The van der Waals surface area contributed by atoms with E-state index in [9.17, 15) is 20.6 Å². The van der Waals surface area contributed by atoms with E-state index in [4.69, 9.17) is 5.73 Å². The number of nitro groups is 1. The number of nitriles is 2. The molecule has 1 heterocycles. The van der Waals surface area contributed by atoms with Gasteiger partial charge in [-0.2, -0.15) is 10.5 Å². The number of pyridine rings is 1. The lowest BCUT2D eigenvalue weighted by molar-refractivity contribution is -0.384. The Balaban J connectivity index is 2.73. The summed E-state index contributed by atoms with van der Waals surface area (Å²) in [6, 6.07) is 9.73. The Morgan fingerprint density at radius 1 is 1.27 bits per heavy atom. The predicted molar refractivity (Wildman–Crippen MR) is 98.1 cm³/mol. The van der Waals surface area contributed by atoms with Gasteiger partial charge in [-0.05, 0) is 11.0 Å². The van der Waals surface area contributed by atoms with Crippen molar-refractivity contribution in [2.75, 3.05) is 17.6 Å². The van der Waals surface area contributed by atoms with Crippen molar-refractivity contribution in [1.82, 2.24) is 4.98 Å². The van der Waals surface area contributed by atoms with Gasteiger partial charge in [0.15, 0.2) is 0 Å². The molecule has 0 unspecified atom stereocenters. The third kappa shape index (κ3) is 3.87. The summed E-state index contributed by atoms with van der Waals surface area (Å²) >= 11 is 0. The summed E-state index contributed by atoms with van der Waals surface area (Å²) in [4.78, 5) is 14.7. The van der Waals surface area contributed by atoms with Crippen LogP contribution >= 0.6 is 0 Å². The number of nitrogens with one attached hydrogen (secondary N) is 1. The van der Waals surface area contributed by atoms with Gasteiger partial charge in [-0.15, -0.1) is 0 Å². The normalized spacial score (nSPS) is 10.7. The zero-order valence-electron chi connectivity index (χ0n) is 14.7. The van der Waals surface area contributed by atoms with Gasteiger partial charge < -0.3 is 11.1 Å². The van der Waals surface area contributed by atoms with Gasteiger partial charge in [0.1, 0.15) is 34.9 Å². The molecule has 0 fully saturated rings. The van der Waals surface area contributed by atoms with Crippen LogP contribution in [0.15, 0.2) is 24.3 Å². The molecule has 26 heavy (non-hydrogen) atoms. The molecule has 0 aliphatic heterocycles. The molecule has 132 valence electrons. The van der Waals surface area contributed by atoms with E-state index < -0.39 is 4.92 Å². The number of hydrogen-bond acceptors (Lipinski definition) is 7. The summed E-state index contributed by atoms with van der Waals surface area (Å²) in [5.41, 5.74) is 6.43. The highest BCUT2D eigenvalue weighted by molar-refractivity contribution is 5.85. The molecule has 0 amide bonds. The maximum atomic E-state index is 11.1. The van der Waals surface area contributed by atoms with Crippen LogP contribution in [0, 0.1) is 38.2 Å². The van der Waals surface area contributed by atoms with Crippen LogP contribution in [0.5, 0.6) is 0 Å². The number of non-ortho nitro benzene ring substituents is 1. The number of benzene rings is 1. The first kappa shape index (κ1) is 18.7. The molecule has 2 rings (SSSR count). The smallest absolute Gasteiger partial charge is 0.270 e. The average Bonchev–Trinajstić information content (AvgIpc) is 2.58. The van der Waals surface area contributed by atoms with Crippen LogP contribution in [0.2, 0.25) is 0 Å². The number of nitrogens with zero attached hydrogens (tertiary/aromatic N) is 4. The Morgan fingerprint density at radius 2 is 1.92 bits per heavy atom. The third-order valence-corrected chi connectivity index (χ3v) is 3.58. The number of nitrogens with two attached hydrogens (primary N) is 1. The lowest BCUT2D eigenvalue weighted by atomic mass is 9.94. The van der Waals surface area contributed by atoms with Crippen LogP contribution < -0.4 is 11.1 Å². The maximum Gasteiger partial charge on any atom is 0.270 e. The Bertz CT molecular complexity index is 948. The van der Waals surface area contributed by atoms with E-state index in [1.807, 2.05) is 32.9 Å². The summed E-state index contributed by atoms with van der Waals surface area (Å²) < 4.78 is 0. The van der Waals surface area contributed by atoms with Gasteiger partial charge in [0.2, 0.25) is 0 Å². The highest BCUT2D eigenvalue weighted by Crippen LogP contribution is 2.35. The summed E-state index contributed by atoms with van der Waals surface area (Å²) in [6.45, 7) is 6.57. The Morgan fingerprint density at radius 3 is 2.46 bits per heavy atom. The average molecular weight is 350 g/mol. The number of rotatable bonds is 4. The second-order valence-corrected chi connectivity index (χ2v) is 6.92. The molecule has 8 nitrogen and oxygen atoms in total. The molecule has 0 aliphatic rings. The molecule has 0 saturated carbocycles. The number of nitrogen functional groups attached to an aromatic ring is 1. The Hall–Kier alpha value is -3.65. The molecule has 2 aromatic rings. The molecule has 8 heteroatoms. The van der Waals surface area contributed by atoms with Crippen LogP contribution in [-0.2, 0) is 0 Å². The predicted octanol–water partition coefficient (Wildman–Crippen LogP) is 3.44. The topological polar surface area (TPSA) is 142 Å². The SMILES string of the molecule is CC(C)(C)CNc1nc(N)c(C#N)c(-c2cccc([N+](=O)[O-])c2)c1C#N. The van der Waals surface area contributed by atoms with Gasteiger partial charge in [0, 0.05) is 24.2 Å². The lowest BCUT2D eigenvalue weighted by Crippen LogP contribution is -2.21. The molecule has 0 bridgehead atoms. The van der Waals surface area contributed by atoms with Crippen molar-refractivity contribution in [2.45, 2.75) is 20.8 Å². The molecule has 3 N–H and O–H groups in total. The van der Waals surface area contributed by atoms with E-state index in [-0.39, 0.29) is 39.4 Å². The number of hydrogen-bond donors (Lipinski definition) is 2. The highest BCUT2D eigenvalue weighted by Gasteiger charge is 2.22. The summed E-state index contributed by atoms with van der Waals surface area (Å²) in [6.07, 6.45) is 0.